The van der Waals surface area contributed by atoms with Gasteiger partial charge in [0.25, 0.3) is 0 Å². The Morgan fingerprint density at radius 2 is 1.87 bits per heavy atom. The van der Waals surface area contributed by atoms with Gasteiger partial charge in [0.05, 0.1) is 4.32 Å². The molecule has 0 aliphatic carbocycles. The number of hydrogen-bond donors (Lipinski definition) is 1. The van der Waals surface area contributed by atoms with Gasteiger partial charge in [-0.15, -0.1) is 0 Å². The molecule has 0 heterocycles. The molecule has 0 saturated heterocycles. The maximum atomic E-state index is 11.7. The summed E-state index contributed by atoms with van der Waals surface area (Å²) in [4.78, 5) is 14.0. The molecule has 15 heavy (non-hydrogen) atoms. The molecule has 1 unspecified atom stereocenters. The van der Waals surface area contributed by atoms with Crippen molar-refractivity contribution >= 4 is 21.8 Å². The minimum absolute atomic E-state index is 0.0437. The molecule has 4 heteroatoms. The molecular weight excluding hydrogens is 256 g/mol. The first-order chi connectivity index (χ1) is 6.81. The Labute approximate surface area is 102 Å². The van der Waals surface area contributed by atoms with Crippen molar-refractivity contribution in [2.45, 2.75) is 45.0 Å². The van der Waals surface area contributed by atoms with E-state index in [2.05, 4.69) is 40.0 Å². The zero-order valence-corrected chi connectivity index (χ0v) is 12.0. The van der Waals surface area contributed by atoms with Crippen LogP contribution in [0.25, 0.3) is 0 Å². The number of halogens is 1. The number of hydrogen-bond acceptors (Lipinski definition) is 2. The van der Waals surface area contributed by atoms with E-state index in [-0.39, 0.29) is 11.9 Å². The zero-order valence-electron chi connectivity index (χ0n) is 10.4. The van der Waals surface area contributed by atoms with Crippen LogP contribution in [0.3, 0.4) is 0 Å². The summed E-state index contributed by atoms with van der Waals surface area (Å²) in [7, 11) is 0. The Bertz CT molecular complexity index is 197. The third-order valence-electron chi connectivity index (χ3n) is 2.34. The number of amides is 1. The van der Waals surface area contributed by atoms with E-state index in [4.69, 9.17) is 0 Å². The van der Waals surface area contributed by atoms with E-state index in [9.17, 15) is 4.79 Å². The topological polar surface area (TPSA) is 32.3 Å². The maximum absolute atomic E-state index is 11.7. The van der Waals surface area contributed by atoms with Crippen LogP contribution in [0.15, 0.2) is 0 Å². The van der Waals surface area contributed by atoms with Crippen LogP contribution >= 0.6 is 15.9 Å². The second kappa shape index (κ2) is 6.48. The second-order valence-corrected chi connectivity index (χ2v) is 6.32. The molecule has 1 amide bonds. The molecule has 0 bridgehead atoms. The quantitative estimate of drug-likeness (QED) is 0.754. The Balaban J connectivity index is 4.03. The first-order valence-electron chi connectivity index (χ1n) is 5.53. The van der Waals surface area contributed by atoms with Gasteiger partial charge < -0.3 is 10.2 Å². The van der Waals surface area contributed by atoms with Gasteiger partial charge in [-0.25, -0.2) is 0 Å². The van der Waals surface area contributed by atoms with E-state index >= 15 is 0 Å². The fourth-order valence-electron chi connectivity index (χ4n) is 1.31. The number of nitrogens with one attached hydrogen (secondary N) is 1. The molecule has 3 nitrogen and oxygen atoms in total. The molecule has 90 valence electrons. The van der Waals surface area contributed by atoms with Crippen molar-refractivity contribution in [1.82, 2.24) is 10.2 Å². The molecule has 1 N–H and O–H groups in total. The van der Waals surface area contributed by atoms with Crippen LogP contribution in [0.2, 0.25) is 0 Å². The number of carbonyl (C=O) groups is 1. The smallest absolute Gasteiger partial charge is 0.236 e. The van der Waals surface area contributed by atoms with Crippen molar-refractivity contribution < 1.29 is 4.79 Å². The fraction of sp³-hybridized carbons (Fsp3) is 0.909. The number of nitrogens with zero attached hydrogens (tertiary/aromatic N) is 1. The number of likely N-dealkylation sites (N-methyl/N-ethyl adjacent to an activating group) is 1. The normalized spacial score (nSPS) is 14.1. The highest BCUT2D eigenvalue weighted by molar-refractivity contribution is 9.10. The number of alkyl halides is 1. The van der Waals surface area contributed by atoms with E-state index in [1.165, 1.54) is 0 Å². The lowest BCUT2D eigenvalue weighted by atomic mass is 10.2. The first kappa shape index (κ1) is 14.9. The highest BCUT2D eigenvalue weighted by Gasteiger charge is 2.24. The fourth-order valence-corrected chi connectivity index (χ4v) is 1.42. The lowest BCUT2D eigenvalue weighted by molar-refractivity contribution is -0.123. The molecule has 0 aliphatic rings. The van der Waals surface area contributed by atoms with Crippen LogP contribution in [0.4, 0.5) is 0 Å². The van der Waals surface area contributed by atoms with Gasteiger partial charge in [0.15, 0.2) is 0 Å². The monoisotopic (exact) mass is 278 g/mol. The highest BCUT2D eigenvalue weighted by atomic mass is 79.9. The molecule has 0 aromatic carbocycles. The highest BCUT2D eigenvalue weighted by Crippen LogP contribution is 2.15. The zero-order chi connectivity index (χ0) is 12.1. The van der Waals surface area contributed by atoms with Gasteiger partial charge in [-0.2, -0.15) is 0 Å². The van der Waals surface area contributed by atoms with Gasteiger partial charge in [0.1, 0.15) is 0 Å². The summed E-state index contributed by atoms with van der Waals surface area (Å²) < 4.78 is -0.482. The van der Waals surface area contributed by atoms with Crippen LogP contribution in [-0.4, -0.2) is 40.8 Å². The van der Waals surface area contributed by atoms with Gasteiger partial charge in [-0.3, -0.25) is 4.79 Å². The summed E-state index contributed by atoms with van der Waals surface area (Å²) in [5.41, 5.74) is 0. The number of rotatable bonds is 6. The van der Waals surface area contributed by atoms with Crippen LogP contribution in [-0.2, 0) is 4.79 Å². The molecule has 0 aromatic rings. The Morgan fingerprint density at radius 3 is 2.20 bits per heavy atom. The van der Waals surface area contributed by atoms with Crippen molar-refractivity contribution in [3.8, 4) is 0 Å². The lowest BCUT2D eigenvalue weighted by Gasteiger charge is -2.25. The summed E-state index contributed by atoms with van der Waals surface area (Å²) in [6.07, 6.45) is 0. The summed E-state index contributed by atoms with van der Waals surface area (Å²) in [5.74, 6) is 0.0437. The molecule has 0 fully saturated rings. The van der Waals surface area contributed by atoms with E-state index < -0.39 is 4.32 Å². The van der Waals surface area contributed by atoms with Gasteiger partial charge in [0.2, 0.25) is 5.91 Å². The average Bonchev–Trinajstić information content (AvgIpc) is 2.12. The molecule has 0 saturated carbocycles. The van der Waals surface area contributed by atoms with E-state index in [1.54, 1.807) is 0 Å². The van der Waals surface area contributed by atoms with Crippen molar-refractivity contribution in [1.29, 1.82) is 0 Å². The standard InChI is InChI=1S/C11H23BrN2O/c1-6-14(7-2)8-9(3)13-10(15)11(4,5)12/h9H,6-8H2,1-5H3,(H,13,15). The maximum Gasteiger partial charge on any atom is 0.236 e. The van der Waals surface area contributed by atoms with Crippen molar-refractivity contribution in [2.24, 2.45) is 0 Å². The van der Waals surface area contributed by atoms with Crippen LogP contribution in [0.1, 0.15) is 34.6 Å². The SMILES string of the molecule is CCN(CC)CC(C)NC(=O)C(C)(C)Br. The molecule has 0 rings (SSSR count). The second-order valence-electron chi connectivity index (χ2n) is 4.33. The summed E-state index contributed by atoms with van der Waals surface area (Å²) in [5, 5.41) is 2.99. The molecule has 0 radical (unpaired) electrons. The summed E-state index contributed by atoms with van der Waals surface area (Å²) in [6.45, 7) is 13.0. The number of carbonyl (C=O) groups excluding carboxylic acids is 1. The third kappa shape index (κ3) is 6.15. The predicted molar refractivity (Wildman–Crippen MR) is 68.4 cm³/mol. The Morgan fingerprint density at radius 1 is 1.40 bits per heavy atom. The van der Waals surface area contributed by atoms with Crippen molar-refractivity contribution in [2.75, 3.05) is 19.6 Å². The van der Waals surface area contributed by atoms with Crippen molar-refractivity contribution in [3.63, 3.8) is 0 Å². The molecule has 0 aromatic heterocycles. The van der Waals surface area contributed by atoms with E-state index in [1.807, 2.05) is 20.8 Å². The lowest BCUT2D eigenvalue weighted by Crippen LogP contribution is -2.47. The Hall–Kier alpha value is -0.0900. The third-order valence-corrected chi connectivity index (χ3v) is 2.70. The summed E-state index contributed by atoms with van der Waals surface area (Å²) in [6, 6.07) is 0.189. The predicted octanol–water partition coefficient (Wildman–Crippen LogP) is 2.01. The average molecular weight is 279 g/mol. The molecule has 1 atom stereocenters. The first-order valence-corrected chi connectivity index (χ1v) is 6.32. The van der Waals surface area contributed by atoms with Crippen LogP contribution < -0.4 is 5.32 Å². The van der Waals surface area contributed by atoms with E-state index in [0.29, 0.717) is 0 Å². The van der Waals surface area contributed by atoms with Gasteiger partial charge >= 0.3 is 0 Å². The molecule has 0 aliphatic heterocycles. The van der Waals surface area contributed by atoms with Gasteiger partial charge in [0, 0.05) is 12.6 Å². The van der Waals surface area contributed by atoms with Gasteiger partial charge in [-0.05, 0) is 33.9 Å². The minimum Gasteiger partial charge on any atom is -0.351 e. The van der Waals surface area contributed by atoms with Gasteiger partial charge in [-0.1, -0.05) is 29.8 Å². The molecular formula is C11H23BrN2O. The molecule has 0 spiro atoms. The Kier molecular flexibility index (Phi) is 6.44. The van der Waals surface area contributed by atoms with E-state index in [0.717, 1.165) is 19.6 Å². The van der Waals surface area contributed by atoms with Crippen LogP contribution in [0.5, 0.6) is 0 Å². The summed E-state index contributed by atoms with van der Waals surface area (Å²) >= 11 is 3.35. The minimum atomic E-state index is -0.482. The van der Waals surface area contributed by atoms with Crippen LogP contribution in [0, 0.1) is 0 Å². The van der Waals surface area contributed by atoms with Crippen molar-refractivity contribution in [3.05, 3.63) is 0 Å². The largest absolute Gasteiger partial charge is 0.351 e.